The minimum Gasteiger partial charge on any atom is -0.493 e. The minimum absolute atomic E-state index is 0.0761. The Balaban J connectivity index is 2.30. The number of nitrogens with zero attached hydrogens (tertiary/aromatic N) is 1. The van der Waals surface area contributed by atoms with E-state index in [1.165, 1.54) is 16.7 Å². The average Bonchev–Trinajstić information content (AvgIpc) is 2.68. The highest BCUT2D eigenvalue weighted by Gasteiger charge is 2.28. The second-order valence-electron chi connectivity index (χ2n) is 4.08. The van der Waals surface area contributed by atoms with Crippen molar-refractivity contribution in [2.24, 2.45) is 0 Å². The number of carbonyl (C=O) groups excluding carboxylic acids is 1. The molecule has 0 aliphatic carbocycles. The van der Waals surface area contributed by atoms with Crippen molar-refractivity contribution in [2.45, 2.75) is 6.92 Å². The Morgan fingerprint density at radius 2 is 2.15 bits per heavy atom. The van der Waals surface area contributed by atoms with Crippen molar-refractivity contribution in [3.8, 4) is 11.5 Å². The van der Waals surface area contributed by atoms with Crippen LogP contribution in [0, 0.1) is 0 Å². The molecule has 0 spiro atoms. The number of benzene rings is 1. The Hall–Kier alpha value is -1.53. The predicted octanol–water partition coefficient (Wildman–Crippen LogP) is 2.92. The van der Waals surface area contributed by atoms with E-state index >= 15 is 0 Å². The van der Waals surface area contributed by atoms with Gasteiger partial charge in [-0.3, -0.25) is 9.69 Å². The third-order valence-electron chi connectivity index (χ3n) is 2.77. The van der Waals surface area contributed by atoms with Gasteiger partial charge in [0.1, 0.15) is 4.32 Å². The van der Waals surface area contributed by atoms with E-state index in [9.17, 15) is 4.79 Å². The first-order chi connectivity index (χ1) is 9.56. The van der Waals surface area contributed by atoms with Crippen LogP contribution in [0.2, 0.25) is 0 Å². The molecule has 0 atom stereocenters. The fourth-order valence-electron chi connectivity index (χ4n) is 1.75. The molecule has 1 amide bonds. The highest BCUT2D eigenvalue weighted by molar-refractivity contribution is 8.26. The molecule has 0 saturated carbocycles. The summed E-state index contributed by atoms with van der Waals surface area (Å²) in [5.41, 5.74) is 0.874. The van der Waals surface area contributed by atoms with E-state index in [2.05, 4.69) is 0 Å². The number of carbonyl (C=O) groups is 1. The van der Waals surface area contributed by atoms with Gasteiger partial charge < -0.3 is 9.47 Å². The number of thiocarbonyl (C=S) groups is 1. The molecular formula is C14H15NO3S2. The molecule has 4 nitrogen and oxygen atoms in total. The SMILES string of the molecule is CCOc1ccc(C=C2SC(=S)N(C)C2=O)cc1OC. The smallest absolute Gasteiger partial charge is 0.265 e. The number of hydrogen-bond acceptors (Lipinski definition) is 5. The number of thioether (sulfide) groups is 1. The number of rotatable bonds is 4. The molecule has 1 aromatic carbocycles. The van der Waals surface area contributed by atoms with Crippen LogP contribution in [0.25, 0.3) is 6.08 Å². The third-order valence-corrected chi connectivity index (χ3v) is 4.26. The maximum absolute atomic E-state index is 11.9. The van der Waals surface area contributed by atoms with E-state index in [-0.39, 0.29) is 5.91 Å². The Labute approximate surface area is 127 Å². The maximum Gasteiger partial charge on any atom is 0.265 e. The molecule has 1 fully saturated rings. The lowest BCUT2D eigenvalue weighted by Crippen LogP contribution is -2.22. The predicted molar refractivity (Wildman–Crippen MR) is 85.1 cm³/mol. The molecule has 1 heterocycles. The van der Waals surface area contributed by atoms with E-state index in [4.69, 9.17) is 21.7 Å². The summed E-state index contributed by atoms with van der Waals surface area (Å²) in [4.78, 5) is 14.0. The van der Waals surface area contributed by atoms with Crippen LogP contribution in [0.4, 0.5) is 0 Å². The average molecular weight is 309 g/mol. The summed E-state index contributed by atoms with van der Waals surface area (Å²) in [7, 11) is 3.27. The van der Waals surface area contributed by atoms with Crippen LogP contribution < -0.4 is 9.47 Å². The topological polar surface area (TPSA) is 38.8 Å². The van der Waals surface area contributed by atoms with Crippen LogP contribution >= 0.6 is 24.0 Å². The van der Waals surface area contributed by atoms with Crippen LogP contribution in [-0.4, -0.2) is 35.9 Å². The minimum atomic E-state index is -0.0761. The lowest BCUT2D eigenvalue weighted by atomic mass is 10.2. The molecule has 1 aromatic rings. The van der Waals surface area contributed by atoms with Gasteiger partial charge in [0.2, 0.25) is 0 Å². The van der Waals surface area contributed by atoms with Crippen LogP contribution in [0.15, 0.2) is 23.1 Å². The monoisotopic (exact) mass is 309 g/mol. The number of ether oxygens (including phenoxy) is 2. The fraction of sp³-hybridized carbons (Fsp3) is 0.286. The molecule has 106 valence electrons. The van der Waals surface area contributed by atoms with Crippen molar-refractivity contribution in [1.29, 1.82) is 0 Å². The standard InChI is InChI=1S/C14H15NO3S2/c1-4-18-10-6-5-9(7-11(10)17-3)8-12-13(16)15(2)14(19)20-12/h5-8H,4H2,1-3H3. The van der Waals surface area contributed by atoms with Crippen LogP contribution in [0.1, 0.15) is 12.5 Å². The summed E-state index contributed by atoms with van der Waals surface area (Å²) in [6.07, 6.45) is 1.81. The summed E-state index contributed by atoms with van der Waals surface area (Å²) in [5, 5.41) is 0. The van der Waals surface area contributed by atoms with Gasteiger partial charge in [0.05, 0.1) is 18.6 Å². The number of likely N-dealkylation sites (N-methyl/N-ethyl adjacent to an activating group) is 1. The van der Waals surface area contributed by atoms with E-state index in [0.717, 1.165) is 5.56 Å². The second-order valence-corrected chi connectivity index (χ2v) is 5.76. The molecule has 0 radical (unpaired) electrons. The number of hydrogen-bond donors (Lipinski definition) is 0. The number of methoxy groups -OCH3 is 1. The molecule has 0 N–H and O–H groups in total. The second kappa shape index (κ2) is 6.28. The lowest BCUT2D eigenvalue weighted by Gasteiger charge is -2.09. The summed E-state index contributed by atoms with van der Waals surface area (Å²) < 4.78 is 11.3. The van der Waals surface area contributed by atoms with Gasteiger partial charge in [-0.2, -0.15) is 0 Å². The van der Waals surface area contributed by atoms with Gasteiger partial charge in [-0.25, -0.2) is 0 Å². The van der Waals surface area contributed by atoms with Gasteiger partial charge in [-0.05, 0) is 30.7 Å². The third kappa shape index (κ3) is 2.96. The van der Waals surface area contributed by atoms with Crippen molar-refractivity contribution in [3.63, 3.8) is 0 Å². The first-order valence-corrected chi connectivity index (χ1v) is 7.31. The molecule has 1 saturated heterocycles. The van der Waals surface area contributed by atoms with Crippen molar-refractivity contribution >= 4 is 40.3 Å². The zero-order valence-electron chi connectivity index (χ0n) is 11.5. The van der Waals surface area contributed by atoms with Crippen LogP contribution in [-0.2, 0) is 4.79 Å². The van der Waals surface area contributed by atoms with Crippen LogP contribution in [0.3, 0.4) is 0 Å². The molecule has 6 heteroatoms. The Bertz CT molecular complexity index is 584. The van der Waals surface area contributed by atoms with Crippen molar-refractivity contribution < 1.29 is 14.3 Å². The molecule has 20 heavy (non-hydrogen) atoms. The van der Waals surface area contributed by atoms with E-state index in [1.54, 1.807) is 20.2 Å². The summed E-state index contributed by atoms with van der Waals surface area (Å²) in [6, 6.07) is 5.56. The van der Waals surface area contributed by atoms with Crippen molar-refractivity contribution in [1.82, 2.24) is 4.90 Å². The molecule has 0 unspecified atom stereocenters. The van der Waals surface area contributed by atoms with Gasteiger partial charge >= 0.3 is 0 Å². The molecule has 1 aliphatic heterocycles. The van der Waals surface area contributed by atoms with Gasteiger partial charge in [0.15, 0.2) is 11.5 Å². The summed E-state index contributed by atoms with van der Waals surface area (Å²) in [6.45, 7) is 2.49. The zero-order chi connectivity index (χ0) is 14.7. The zero-order valence-corrected chi connectivity index (χ0v) is 13.1. The van der Waals surface area contributed by atoms with Crippen molar-refractivity contribution in [3.05, 3.63) is 28.7 Å². The lowest BCUT2D eigenvalue weighted by molar-refractivity contribution is -0.121. The van der Waals surface area contributed by atoms with E-state index in [0.29, 0.717) is 27.3 Å². The van der Waals surface area contributed by atoms with E-state index in [1.807, 2.05) is 25.1 Å². The Kier molecular flexibility index (Phi) is 4.67. The largest absolute Gasteiger partial charge is 0.493 e. The van der Waals surface area contributed by atoms with Gasteiger partial charge in [0, 0.05) is 7.05 Å². The highest BCUT2D eigenvalue weighted by Crippen LogP contribution is 2.33. The molecule has 1 aliphatic rings. The van der Waals surface area contributed by atoms with Crippen LogP contribution in [0.5, 0.6) is 11.5 Å². The molecule has 0 bridgehead atoms. The Morgan fingerprint density at radius 1 is 1.40 bits per heavy atom. The Morgan fingerprint density at radius 3 is 2.70 bits per heavy atom. The van der Waals surface area contributed by atoms with Gasteiger partial charge in [-0.15, -0.1) is 0 Å². The van der Waals surface area contributed by atoms with E-state index < -0.39 is 0 Å². The molecule has 0 aromatic heterocycles. The maximum atomic E-state index is 11.9. The van der Waals surface area contributed by atoms with Gasteiger partial charge in [0.25, 0.3) is 5.91 Å². The summed E-state index contributed by atoms with van der Waals surface area (Å²) in [5.74, 6) is 1.26. The fourth-order valence-corrected chi connectivity index (χ4v) is 2.93. The normalized spacial score (nSPS) is 16.9. The quantitative estimate of drug-likeness (QED) is 0.631. The first-order valence-electron chi connectivity index (χ1n) is 6.09. The summed E-state index contributed by atoms with van der Waals surface area (Å²) >= 11 is 6.40. The number of amides is 1. The first kappa shape index (κ1) is 14.9. The highest BCUT2D eigenvalue weighted by atomic mass is 32.2. The molecule has 2 rings (SSSR count). The van der Waals surface area contributed by atoms with Crippen molar-refractivity contribution in [2.75, 3.05) is 20.8 Å². The molecular weight excluding hydrogens is 294 g/mol. The van der Waals surface area contributed by atoms with Gasteiger partial charge in [-0.1, -0.05) is 30.0 Å².